The molecule has 1 amide bonds. The van der Waals surface area contributed by atoms with Gasteiger partial charge >= 0.3 is 0 Å². The SMILES string of the molecule is O=C(CCc1ccsc1)NCC(O)c1c(F)cccc1F. The van der Waals surface area contributed by atoms with Crippen molar-refractivity contribution in [2.45, 2.75) is 18.9 Å². The van der Waals surface area contributed by atoms with Crippen LogP contribution in [-0.2, 0) is 11.2 Å². The third kappa shape index (κ3) is 4.34. The van der Waals surface area contributed by atoms with E-state index in [1.165, 1.54) is 6.07 Å². The smallest absolute Gasteiger partial charge is 0.220 e. The molecule has 1 aromatic carbocycles. The lowest BCUT2D eigenvalue weighted by Gasteiger charge is -2.13. The molecule has 1 heterocycles. The van der Waals surface area contributed by atoms with Gasteiger partial charge in [-0.2, -0.15) is 11.3 Å². The van der Waals surface area contributed by atoms with Crippen molar-refractivity contribution < 1.29 is 18.7 Å². The van der Waals surface area contributed by atoms with Crippen LogP contribution in [0.3, 0.4) is 0 Å². The first kappa shape index (κ1) is 15.6. The Morgan fingerprint density at radius 2 is 2.00 bits per heavy atom. The van der Waals surface area contributed by atoms with Crippen LogP contribution in [0.25, 0.3) is 0 Å². The van der Waals surface area contributed by atoms with Gasteiger partial charge in [-0.25, -0.2) is 8.78 Å². The molecule has 0 fully saturated rings. The molecule has 0 saturated carbocycles. The maximum Gasteiger partial charge on any atom is 0.220 e. The first-order valence-electron chi connectivity index (χ1n) is 6.47. The number of carbonyl (C=O) groups excluding carboxylic acids is 1. The fraction of sp³-hybridized carbons (Fsp3) is 0.267. The van der Waals surface area contributed by atoms with Crippen molar-refractivity contribution in [1.29, 1.82) is 0 Å². The molecule has 1 aromatic heterocycles. The van der Waals surface area contributed by atoms with Crippen molar-refractivity contribution in [3.63, 3.8) is 0 Å². The number of aliphatic hydroxyl groups is 1. The highest BCUT2D eigenvalue weighted by molar-refractivity contribution is 7.07. The number of hydrogen-bond acceptors (Lipinski definition) is 3. The van der Waals surface area contributed by atoms with E-state index >= 15 is 0 Å². The van der Waals surface area contributed by atoms with Crippen LogP contribution < -0.4 is 5.32 Å². The Labute approximate surface area is 125 Å². The number of nitrogens with one attached hydrogen (secondary N) is 1. The van der Waals surface area contributed by atoms with Gasteiger partial charge < -0.3 is 10.4 Å². The van der Waals surface area contributed by atoms with Crippen LogP contribution >= 0.6 is 11.3 Å². The average molecular weight is 311 g/mol. The van der Waals surface area contributed by atoms with Crippen LogP contribution in [0, 0.1) is 11.6 Å². The zero-order chi connectivity index (χ0) is 15.2. The van der Waals surface area contributed by atoms with Crippen molar-refractivity contribution in [2.75, 3.05) is 6.54 Å². The molecule has 2 N–H and O–H groups in total. The highest BCUT2D eigenvalue weighted by atomic mass is 32.1. The number of aliphatic hydroxyl groups excluding tert-OH is 1. The van der Waals surface area contributed by atoms with E-state index in [0.29, 0.717) is 6.42 Å². The van der Waals surface area contributed by atoms with E-state index in [2.05, 4.69) is 5.32 Å². The number of amides is 1. The van der Waals surface area contributed by atoms with Gasteiger partial charge in [-0.3, -0.25) is 4.79 Å². The zero-order valence-corrected chi connectivity index (χ0v) is 12.0. The fourth-order valence-corrected chi connectivity index (χ4v) is 2.63. The Morgan fingerprint density at radius 3 is 2.62 bits per heavy atom. The molecule has 2 aromatic rings. The van der Waals surface area contributed by atoms with Crippen molar-refractivity contribution in [3.8, 4) is 0 Å². The van der Waals surface area contributed by atoms with Gasteiger partial charge in [0.05, 0.1) is 5.56 Å². The van der Waals surface area contributed by atoms with E-state index in [9.17, 15) is 18.7 Å². The maximum atomic E-state index is 13.4. The number of hydrogen-bond donors (Lipinski definition) is 2. The molecule has 3 nitrogen and oxygen atoms in total. The molecule has 0 radical (unpaired) electrons. The molecule has 0 bridgehead atoms. The van der Waals surface area contributed by atoms with E-state index in [0.717, 1.165) is 17.7 Å². The van der Waals surface area contributed by atoms with Gasteiger partial charge in [0.1, 0.15) is 17.7 Å². The number of thiophene rings is 1. The lowest BCUT2D eigenvalue weighted by molar-refractivity contribution is -0.121. The molecule has 2 rings (SSSR count). The van der Waals surface area contributed by atoms with Crippen LogP contribution in [0.4, 0.5) is 8.78 Å². The minimum absolute atomic E-state index is 0.222. The van der Waals surface area contributed by atoms with Crippen molar-refractivity contribution >= 4 is 17.2 Å². The quantitative estimate of drug-likeness (QED) is 0.862. The first-order chi connectivity index (χ1) is 10.1. The standard InChI is InChI=1S/C15H15F2NO2S/c16-11-2-1-3-12(17)15(11)13(19)8-18-14(20)5-4-10-6-7-21-9-10/h1-3,6-7,9,13,19H,4-5,8H2,(H,18,20). The zero-order valence-electron chi connectivity index (χ0n) is 11.2. The second kappa shape index (κ2) is 7.28. The van der Waals surface area contributed by atoms with E-state index in [1.54, 1.807) is 11.3 Å². The number of aryl methyl sites for hydroxylation is 1. The van der Waals surface area contributed by atoms with E-state index < -0.39 is 23.3 Å². The summed E-state index contributed by atoms with van der Waals surface area (Å²) in [4.78, 5) is 11.6. The molecule has 112 valence electrons. The molecule has 1 unspecified atom stereocenters. The number of halogens is 2. The average Bonchev–Trinajstić information content (AvgIpc) is 2.96. The molecular weight excluding hydrogens is 296 g/mol. The van der Waals surface area contributed by atoms with Gasteiger partial charge in [0.25, 0.3) is 0 Å². The summed E-state index contributed by atoms with van der Waals surface area (Å²) in [6.07, 6.45) is -0.542. The minimum Gasteiger partial charge on any atom is -0.386 e. The largest absolute Gasteiger partial charge is 0.386 e. The van der Waals surface area contributed by atoms with Gasteiger partial charge in [0, 0.05) is 13.0 Å². The molecule has 0 spiro atoms. The Kier molecular flexibility index (Phi) is 5.41. The lowest BCUT2D eigenvalue weighted by atomic mass is 10.1. The van der Waals surface area contributed by atoms with Gasteiger partial charge in [-0.05, 0) is 40.9 Å². The second-order valence-corrected chi connectivity index (χ2v) is 5.37. The van der Waals surface area contributed by atoms with Crippen molar-refractivity contribution in [2.24, 2.45) is 0 Å². The summed E-state index contributed by atoms with van der Waals surface area (Å²) >= 11 is 1.55. The summed E-state index contributed by atoms with van der Waals surface area (Å²) < 4.78 is 26.9. The molecular formula is C15H15F2NO2S. The van der Waals surface area contributed by atoms with Crippen LogP contribution in [0.2, 0.25) is 0 Å². The van der Waals surface area contributed by atoms with E-state index in [1.807, 2.05) is 16.8 Å². The second-order valence-electron chi connectivity index (χ2n) is 4.59. The molecule has 21 heavy (non-hydrogen) atoms. The minimum atomic E-state index is -1.41. The molecule has 0 aliphatic heterocycles. The number of benzene rings is 1. The monoisotopic (exact) mass is 311 g/mol. The van der Waals surface area contributed by atoms with Gasteiger partial charge in [-0.15, -0.1) is 0 Å². The molecule has 0 aliphatic rings. The number of carbonyl (C=O) groups is 1. The summed E-state index contributed by atoms with van der Waals surface area (Å²) in [6, 6.07) is 5.29. The lowest BCUT2D eigenvalue weighted by Crippen LogP contribution is -2.29. The molecule has 1 atom stereocenters. The normalized spacial score (nSPS) is 12.1. The van der Waals surface area contributed by atoms with E-state index in [-0.39, 0.29) is 18.9 Å². The summed E-state index contributed by atoms with van der Waals surface area (Å²) in [5, 5.41) is 16.2. The summed E-state index contributed by atoms with van der Waals surface area (Å²) in [6.45, 7) is -0.222. The van der Waals surface area contributed by atoms with Crippen LogP contribution in [0.15, 0.2) is 35.0 Å². The molecule has 0 aliphatic carbocycles. The highest BCUT2D eigenvalue weighted by Crippen LogP contribution is 2.20. The third-order valence-electron chi connectivity index (χ3n) is 3.05. The Bertz CT molecular complexity index is 581. The Balaban J connectivity index is 1.83. The van der Waals surface area contributed by atoms with Crippen LogP contribution in [0.5, 0.6) is 0 Å². The fourth-order valence-electron chi connectivity index (χ4n) is 1.92. The summed E-state index contributed by atoms with van der Waals surface area (Å²) in [7, 11) is 0. The van der Waals surface area contributed by atoms with Gasteiger partial charge in [0.15, 0.2) is 0 Å². The predicted molar refractivity (Wildman–Crippen MR) is 77.0 cm³/mol. The van der Waals surface area contributed by atoms with Gasteiger partial charge in [0.2, 0.25) is 5.91 Å². The summed E-state index contributed by atoms with van der Waals surface area (Å²) in [5.41, 5.74) is 0.645. The van der Waals surface area contributed by atoms with Gasteiger partial charge in [-0.1, -0.05) is 6.07 Å². The third-order valence-corrected chi connectivity index (χ3v) is 3.78. The maximum absolute atomic E-state index is 13.4. The van der Waals surface area contributed by atoms with Crippen molar-refractivity contribution in [3.05, 3.63) is 57.8 Å². The highest BCUT2D eigenvalue weighted by Gasteiger charge is 2.18. The molecule has 6 heteroatoms. The summed E-state index contributed by atoms with van der Waals surface area (Å²) in [5.74, 6) is -1.91. The topological polar surface area (TPSA) is 49.3 Å². The van der Waals surface area contributed by atoms with Crippen LogP contribution in [-0.4, -0.2) is 17.6 Å². The van der Waals surface area contributed by atoms with Crippen molar-refractivity contribution in [1.82, 2.24) is 5.32 Å². The Morgan fingerprint density at radius 1 is 1.29 bits per heavy atom. The predicted octanol–water partition coefficient (Wildman–Crippen LogP) is 2.81. The molecule has 0 saturated heterocycles. The van der Waals surface area contributed by atoms with E-state index in [4.69, 9.17) is 0 Å². The first-order valence-corrected chi connectivity index (χ1v) is 7.42. The number of rotatable bonds is 6. The Hall–Kier alpha value is -1.79. The van der Waals surface area contributed by atoms with Crippen LogP contribution in [0.1, 0.15) is 23.7 Å².